The lowest BCUT2D eigenvalue weighted by atomic mass is 9.92. The molecule has 2 aromatic rings. The van der Waals surface area contributed by atoms with E-state index in [1.54, 1.807) is 35.9 Å². The summed E-state index contributed by atoms with van der Waals surface area (Å²) in [5, 5.41) is 10.9. The molecule has 0 unspecified atom stereocenters. The van der Waals surface area contributed by atoms with Gasteiger partial charge in [0.2, 0.25) is 0 Å². The van der Waals surface area contributed by atoms with E-state index in [9.17, 15) is 19.1 Å². The van der Waals surface area contributed by atoms with Gasteiger partial charge in [-0.2, -0.15) is 0 Å². The lowest BCUT2D eigenvalue weighted by Crippen LogP contribution is -2.46. The van der Waals surface area contributed by atoms with Crippen LogP contribution in [0.15, 0.2) is 24.3 Å². The second-order valence-electron chi connectivity index (χ2n) is 7.35. The minimum atomic E-state index is -0.956. The van der Waals surface area contributed by atoms with Crippen molar-refractivity contribution in [2.75, 3.05) is 26.2 Å². The Labute approximate surface area is 168 Å². The summed E-state index contributed by atoms with van der Waals surface area (Å²) in [6.45, 7) is 8.76. The van der Waals surface area contributed by atoms with E-state index < -0.39 is 11.8 Å². The van der Waals surface area contributed by atoms with Crippen LogP contribution < -0.4 is 0 Å². The van der Waals surface area contributed by atoms with Crippen LogP contribution in [0.5, 0.6) is 0 Å². The zero-order valence-corrected chi connectivity index (χ0v) is 17.2. The number of carbonyl (C=O) groups excluding carboxylic acids is 1. The van der Waals surface area contributed by atoms with Gasteiger partial charge in [-0.05, 0) is 41.0 Å². The van der Waals surface area contributed by atoms with Crippen molar-refractivity contribution in [1.29, 1.82) is 0 Å². The number of carbonyl (C=O) groups is 2. The molecule has 5 nitrogen and oxygen atoms in total. The number of carboxylic acids is 1. The van der Waals surface area contributed by atoms with E-state index in [0.29, 0.717) is 45.8 Å². The molecule has 2 aromatic carbocycles. The standard InChI is InChI=1S/C21H25FN2O3S/c1-13(2)28-24-8-6-23(7-9-24)21(27)20-14(3)16(11-19(25)26)10-15-4-5-17(22)12-18(15)20/h4-5,10,12-13H,6-9,11H2,1-3H3,(H,25,26). The van der Waals surface area contributed by atoms with Gasteiger partial charge >= 0.3 is 5.97 Å². The molecule has 1 amide bonds. The van der Waals surface area contributed by atoms with Crippen molar-refractivity contribution in [2.45, 2.75) is 32.4 Å². The topological polar surface area (TPSA) is 60.9 Å². The van der Waals surface area contributed by atoms with Crippen molar-refractivity contribution >= 4 is 34.6 Å². The van der Waals surface area contributed by atoms with Gasteiger partial charge in [0.25, 0.3) is 5.91 Å². The van der Waals surface area contributed by atoms with E-state index in [0.717, 1.165) is 13.1 Å². The molecule has 150 valence electrons. The van der Waals surface area contributed by atoms with Gasteiger partial charge in [-0.1, -0.05) is 37.9 Å². The fourth-order valence-electron chi connectivity index (χ4n) is 3.60. The van der Waals surface area contributed by atoms with Crippen molar-refractivity contribution in [2.24, 2.45) is 0 Å². The molecule has 0 bridgehead atoms. The van der Waals surface area contributed by atoms with Crippen molar-refractivity contribution < 1.29 is 19.1 Å². The Bertz CT molecular complexity index is 908. The Morgan fingerprint density at radius 3 is 2.46 bits per heavy atom. The smallest absolute Gasteiger partial charge is 0.307 e. The first-order chi connectivity index (χ1) is 13.3. The first kappa shape index (κ1) is 20.6. The summed E-state index contributed by atoms with van der Waals surface area (Å²) >= 11 is 1.78. The Hall–Kier alpha value is -2.12. The highest BCUT2D eigenvalue weighted by molar-refractivity contribution is 7.97. The highest BCUT2D eigenvalue weighted by atomic mass is 32.2. The number of hydrogen-bond donors (Lipinski definition) is 1. The third-order valence-corrected chi connectivity index (χ3v) is 6.00. The zero-order chi connectivity index (χ0) is 20.4. The van der Waals surface area contributed by atoms with Crippen LogP contribution >= 0.6 is 11.9 Å². The first-order valence-corrected chi connectivity index (χ1v) is 10.2. The summed E-state index contributed by atoms with van der Waals surface area (Å²) in [4.78, 5) is 26.4. The Morgan fingerprint density at radius 1 is 1.18 bits per heavy atom. The molecule has 1 N–H and O–H groups in total. The fraction of sp³-hybridized carbons (Fsp3) is 0.429. The average Bonchev–Trinajstić information content (AvgIpc) is 2.62. The summed E-state index contributed by atoms with van der Waals surface area (Å²) in [5.74, 6) is -1.53. The number of rotatable bonds is 5. The molecule has 7 heteroatoms. The third-order valence-electron chi connectivity index (χ3n) is 4.91. The van der Waals surface area contributed by atoms with Gasteiger partial charge in [0.05, 0.1) is 12.0 Å². The fourth-order valence-corrected chi connectivity index (χ4v) is 4.57. The Kier molecular flexibility index (Phi) is 6.25. The molecule has 1 saturated heterocycles. The molecule has 0 radical (unpaired) electrons. The predicted molar refractivity (Wildman–Crippen MR) is 110 cm³/mol. The summed E-state index contributed by atoms with van der Waals surface area (Å²) < 4.78 is 16.2. The van der Waals surface area contributed by atoms with Gasteiger partial charge < -0.3 is 10.0 Å². The van der Waals surface area contributed by atoms with E-state index in [1.807, 2.05) is 0 Å². The van der Waals surface area contributed by atoms with Crippen LogP contribution in [0.1, 0.15) is 35.3 Å². The van der Waals surface area contributed by atoms with Gasteiger partial charge in [0.1, 0.15) is 5.82 Å². The van der Waals surface area contributed by atoms with Crippen LogP contribution in [0.3, 0.4) is 0 Å². The molecule has 3 rings (SSSR count). The van der Waals surface area contributed by atoms with Crippen LogP contribution in [-0.2, 0) is 11.2 Å². The summed E-state index contributed by atoms with van der Waals surface area (Å²) in [6.07, 6.45) is -0.168. The second kappa shape index (κ2) is 8.49. The van der Waals surface area contributed by atoms with Gasteiger partial charge in [0, 0.05) is 31.4 Å². The van der Waals surface area contributed by atoms with Crippen molar-refractivity contribution in [1.82, 2.24) is 9.21 Å². The molecule has 28 heavy (non-hydrogen) atoms. The quantitative estimate of drug-likeness (QED) is 0.770. The molecule has 1 aliphatic heterocycles. The number of fused-ring (bicyclic) bond motifs is 1. The highest BCUT2D eigenvalue weighted by Gasteiger charge is 2.26. The van der Waals surface area contributed by atoms with Crippen LogP contribution in [0.2, 0.25) is 0 Å². The molecule has 1 fully saturated rings. The highest BCUT2D eigenvalue weighted by Crippen LogP contribution is 2.29. The number of nitrogens with zero attached hydrogens (tertiary/aromatic N) is 2. The SMILES string of the molecule is Cc1c(CC(=O)O)cc2ccc(F)cc2c1C(=O)N1CCN(SC(C)C)CC1. The number of carboxylic acid groups (broad SMARTS) is 1. The predicted octanol–water partition coefficient (Wildman–Crippen LogP) is 3.73. The minimum Gasteiger partial charge on any atom is -0.481 e. The number of aliphatic carboxylic acids is 1. The first-order valence-electron chi connectivity index (χ1n) is 9.40. The normalized spacial score (nSPS) is 15.4. The molecule has 0 atom stereocenters. The van der Waals surface area contributed by atoms with E-state index in [-0.39, 0.29) is 12.3 Å². The van der Waals surface area contributed by atoms with Gasteiger partial charge in [-0.15, -0.1) is 0 Å². The maximum absolute atomic E-state index is 13.9. The molecule has 0 saturated carbocycles. The third kappa shape index (κ3) is 4.47. The van der Waals surface area contributed by atoms with Crippen LogP contribution in [-0.4, -0.2) is 57.6 Å². The van der Waals surface area contributed by atoms with E-state index in [1.165, 1.54) is 12.1 Å². The monoisotopic (exact) mass is 404 g/mol. The lowest BCUT2D eigenvalue weighted by Gasteiger charge is -2.35. The lowest BCUT2D eigenvalue weighted by molar-refractivity contribution is -0.136. The van der Waals surface area contributed by atoms with E-state index >= 15 is 0 Å². The summed E-state index contributed by atoms with van der Waals surface area (Å²) in [6, 6.07) is 6.04. The average molecular weight is 405 g/mol. The molecule has 0 aliphatic carbocycles. The summed E-state index contributed by atoms with van der Waals surface area (Å²) in [7, 11) is 0. The van der Waals surface area contributed by atoms with Gasteiger partial charge in [0.15, 0.2) is 0 Å². The number of halogens is 1. The maximum atomic E-state index is 13.9. The van der Waals surface area contributed by atoms with Crippen LogP contribution in [0, 0.1) is 12.7 Å². The minimum absolute atomic E-state index is 0.158. The molecule has 0 spiro atoms. The Balaban J connectivity index is 1.96. The van der Waals surface area contributed by atoms with Crippen molar-refractivity contribution in [3.05, 3.63) is 46.8 Å². The number of benzene rings is 2. The molecule has 1 aliphatic rings. The molecular weight excluding hydrogens is 379 g/mol. The molecule has 0 aromatic heterocycles. The molecular formula is C21H25FN2O3S. The Morgan fingerprint density at radius 2 is 1.86 bits per heavy atom. The number of piperazine rings is 1. The van der Waals surface area contributed by atoms with Crippen LogP contribution in [0.4, 0.5) is 4.39 Å². The van der Waals surface area contributed by atoms with Gasteiger partial charge in [-0.25, -0.2) is 8.70 Å². The van der Waals surface area contributed by atoms with E-state index in [2.05, 4.69) is 18.2 Å². The number of hydrogen-bond acceptors (Lipinski definition) is 4. The number of amides is 1. The maximum Gasteiger partial charge on any atom is 0.307 e. The van der Waals surface area contributed by atoms with E-state index in [4.69, 9.17) is 0 Å². The van der Waals surface area contributed by atoms with Crippen LogP contribution in [0.25, 0.3) is 10.8 Å². The molecule has 1 heterocycles. The largest absolute Gasteiger partial charge is 0.481 e. The van der Waals surface area contributed by atoms with Crippen molar-refractivity contribution in [3.63, 3.8) is 0 Å². The zero-order valence-electron chi connectivity index (χ0n) is 16.4. The summed E-state index contributed by atoms with van der Waals surface area (Å²) in [5.41, 5.74) is 1.62. The second-order valence-corrected chi connectivity index (χ2v) is 9.02. The van der Waals surface area contributed by atoms with Crippen molar-refractivity contribution in [3.8, 4) is 0 Å². The van der Waals surface area contributed by atoms with Gasteiger partial charge in [-0.3, -0.25) is 9.59 Å².